The van der Waals surface area contributed by atoms with Gasteiger partial charge in [-0.25, -0.2) is 9.78 Å². The van der Waals surface area contributed by atoms with Gasteiger partial charge >= 0.3 is 6.03 Å². The van der Waals surface area contributed by atoms with Gasteiger partial charge in [0.2, 0.25) is 0 Å². The number of aromatic nitrogens is 1. The number of rotatable bonds is 4. The molecular formula is C19H25N3OS. The largest absolute Gasteiger partial charge is 0.335 e. The number of nitrogens with zero attached hydrogens (tertiary/aromatic N) is 1. The smallest absolute Gasteiger partial charge is 0.315 e. The monoisotopic (exact) mass is 343 g/mol. The van der Waals surface area contributed by atoms with E-state index in [1.54, 1.807) is 11.3 Å². The third-order valence-electron chi connectivity index (χ3n) is 4.46. The standard InChI is InChI=1S/C19H25N3OS/c23-19(21-16-11-7-2-1-3-8-12-16)20-13-18-22-17(14-24-18)15-9-5-4-6-10-15/h4-6,9-10,14,16H,1-3,7-8,11-13H2,(H2,20,21,23). The lowest BCUT2D eigenvalue weighted by Gasteiger charge is -2.21. The van der Waals surface area contributed by atoms with Gasteiger partial charge in [-0.2, -0.15) is 0 Å². The van der Waals surface area contributed by atoms with Gasteiger partial charge in [0, 0.05) is 17.0 Å². The number of carbonyl (C=O) groups is 1. The molecule has 1 saturated carbocycles. The zero-order chi connectivity index (χ0) is 16.6. The molecule has 24 heavy (non-hydrogen) atoms. The van der Waals surface area contributed by atoms with E-state index in [4.69, 9.17) is 0 Å². The van der Waals surface area contributed by atoms with E-state index < -0.39 is 0 Å². The van der Waals surface area contributed by atoms with Crippen molar-refractivity contribution < 1.29 is 4.79 Å². The average molecular weight is 343 g/mol. The molecule has 1 aromatic carbocycles. The molecule has 5 heteroatoms. The van der Waals surface area contributed by atoms with Gasteiger partial charge in [-0.1, -0.05) is 62.4 Å². The van der Waals surface area contributed by atoms with Gasteiger partial charge in [0.05, 0.1) is 12.2 Å². The van der Waals surface area contributed by atoms with E-state index >= 15 is 0 Å². The molecule has 4 nitrogen and oxygen atoms in total. The van der Waals surface area contributed by atoms with Crippen LogP contribution in [-0.2, 0) is 6.54 Å². The number of nitrogens with one attached hydrogen (secondary N) is 2. The number of thiazole rings is 1. The highest BCUT2D eigenvalue weighted by molar-refractivity contribution is 7.09. The van der Waals surface area contributed by atoms with Crippen molar-refractivity contribution in [1.82, 2.24) is 15.6 Å². The summed E-state index contributed by atoms with van der Waals surface area (Å²) >= 11 is 1.58. The van der Waals surface area contributed by atoms with Crippen LogP contribution in [0.5, 0.6) is 0 Å². The van der Waals surface area contributed by atoms with Crippen LogP contribution >= 0.6 is 11.3 Å². The number of hydrogen-bond acceptors (Lipinski definition) is 3. The normalized spacial score (nSPS) is 16.2. The molecule has 1 aliphatic carbocycles. The Kier molecular flexibility index (Phi) is 6.24. The molecule has 3 rings (SSSR count). The number of hydrogen-bond donors (Lipinski definition) is 2. The van der Waals surface area contributed by atoms with Gasteiger partial charge in [-0.15, -0.1) is 11.3 Å². The molecule has 1 fully saturated rings. The highest BCUT2D eigenvalue weighted by Crippen LogP contribution is 2.21. The molecule has 0 atom stereocenters. The second-order valence-corrected chi connectivity index (χ2v) is 7.30. The highest BCUT2D eigenvalue weighted by Gasteiger charge is 2.14. The van der Waals surface area contributed by atoms with Gasteiger partial charge in [-0.3, -0.25) is 0 Å². The maximum atomic E-state index is 12.1. The molecule has 0 radical (unpaired) electrons. The van der Waals surface area contributed by atoms with Crippen molar-refractivity contribution in [1.29, 1.82) is 0 Å². The van der Waals surface area contributed by atoms with Crippen LogP contribution in [0, 0.1) is 0 Å². The predicted octanol–water partition coefficient (Wildman–Crippen LogP) is 4.72. The van der Waals surface area contributed by atoms with Crippen LogP contribution in [0.1, 0.15) is 50.0 Å². The Morgan fingerprint density at radius 1 is 1.08 bits per heavy atom. The minimum atomic E-state index is -0.0722. The molecule has 0 aliphatic heterocycles. The molecule has 0 spiro atoms. The predicted molar refractivity (Wildman–Crippen MR) is 99.0 cm³/mol. The highest BCUT2D eigenvalue weighted by atomic mass is 32.1. The zero-order valence-corrected chi connectivity index (χ0v) is 14.8. The minimum Gasteiger partial charge on any atom is -0.335 e. The summed E-state index contributed by atoms with van der Waals surface area (Å²) in [6.07, 6.45) is 8.57. The van der Waals surface area contributed by atoms with Crippen LogP contribution in [0.25, 0.3) is 11.3 Å². The van der Waals surface area contributed by atoms with Gasteiger partial charge in [0.1, 0.15) is 5.01 Å². The van der Waals surface area contributed by atoms with E-state index in [-0.39, 0.29) is 6.03 Å². The maximum absolute atomic E-state index is 12.1. The lowest BCUT2D eigenvalue weighted by atomic mass is 9.97. The van der Waals surface area contributed by atoms with Crippen molar-refractivity contribution in [2.45, 2.75) is 57.5 Å². The SMILES string of the molecule is O=C(NCc1nc(-c2ccccc2)cs1)NC1CCCCCCC1. The van der Waals surface area contributed by atoms with Crippen LogP contribution in [0.15, 0.2) is 35.7 Å². The first-order valence-electron chi connectivity index (χ1n) is 8.85. The fraction of sp³-hybridized carbons (Fsp3) is 0.474. The summed E-state index contributed by atoms with van der Waals surface area (Å²) in [5, 5.41) is 9.04. The van der Waals surface area contributed by atoms with Crippen molar-refractivity contribution in [2.75, 3.05) is 0 Å². The number of urea groups is 1. The number of amides is 2. The van der Waals surface area contributed by atoms with E-state index in [2.05, 4.69) is 15.6 Å². The maximum Gasteiger partial charge on any atom is 0.315 e. The topological polar surface area (TPSA) is 54.0 Å². The van der Waals surface area contributed by atoms with Crippen molar-refractivity contribution in [3.05, 3.63) is 40.7 Å². The molecule has 2 amide bonds. The lowest BCUT2D eigenvalue weighted by Crippen LogP contribution is -2.42. The van der Waals surface area contributed by atoms with Crippen molar-refractivity contribution in [3.8, 4) is 11.3 Å². The molecule has 1 heterocycles. The van der Waals surface area contributed by atoms with E-state index in [0.29, 0.717) is 12.6 Å². The third-order valence-corrected chi connectivity index (χ3v) is 5.31. The number of carbonyl (C=O) groups excluding carboxylic acids is 1. The lowest BCUT2D eigenvalue weighted by molar-refractivity contribution is 0.233. The Hall–Kier alpha value is -1.88. The first-order valence-corrected chi connectivity index (χ1v) is 9.73. The second kappa shape index (κ2) is 8.83. The molecule has 0 unspecified atom stereocenters. The Labute approximate surface area is 147 Å². The fourth-order valence-electron chi connectivity index (χ4n) is 3.13. The summed E-state index contributed by atoms with van der Waals surface area (Å²) in [6.45, 7) is 0.482. The van der Waals surface area contributed by atoms with Crippen LogP contribution in [0.3, 0.4) is 0 Å². The van der Waals surface area contributed by atoms with Crippen LogP contribution in [-0.4, -0.2) is 17.1 Å². The molecule has 0 bridgehead atoms. The summed E-state index contributed by atoms with van der Waals surface area (Å²) in [7, 11) is 0. The zero-order valence-electron chi connectivity index (χ0n) is 14.0. The van der Waals surface area contributed by atoms with E-state index in [0.717, 1.165) is 29.1 Å². The average Bonchev–Trinajstić information content (AvgIpc) is 3.05. The molecule has 1 aliphatic rings. The molecule has 1 aromatic heterocycles. The summed E-state index contributed by atoms with van der Waals surface area (Å²) in [4.78, 5) is 16.7. The van der Waals surface area contributed by atoms with Gasteiger partial charge < -0.3 is 10.6 Å². The third kappa shape index (κ3) is 5.06. The molecule has 2 N–H and O–H groups in total. The summed E-state index contributed by atoms with van der Waals surface area (Å²) in [6, 6.07) is 10.4. The number of benzene rings is 1. The first-order chi connectivity index (χ1) is 11.8. The second-order valence-electron chi connectivity index (χ2n) is 6.36. The van der Waals surface area contributed by atoms with Crippen molar-refractivity contribution >= 4 is 17.4 Å². The fourth-order valence-corrected chi connectivity index (χ4v) is 3.87. The minimum absolute atomic E-state index is 0.0722. The van der Waals surface area contributed by atoms with E-state index in [9.17, 15) is 4.79 Å². The van der Waals surface area contributed by atoms with Gasteiger partial charge in [-0.05, 0) is 12.8 Å². The Balaban J connectivity index is 1.47. The Morgan fingerprint density at radius 2 is 1.79 bits per heavy atom. The van der Waals surface area contributed by atoms with Crippen LogP contribution in [0.4, 0.5) is 4.79 Å². The molecule has 128 valence electrons. The van der Waals surface area contributed by atoms with Crippen LogP contribution < -0.4 is 10.6 Å². The summed E-state index contributed by atoms with van der Waals surface area (Å²) < 4.78 is 0. The Bertz CT molecular complexity index is 633. The van der Waals surface area contributed by atoms with Crippen molar-refractivity contribution in [2.24, 2.45) is 0 Å². The van der Waals surface area contributed by atoms with Gasteiger partial charge in [0.15, 0.2) is 0 Å². The van der Waals surface area contributed by atoms with E-state index in [1.165, 1.54) is 32.1 Å². The molecule has 2 aromatic rings. The van der Waals surface area contributed by atoms with Crippen LogP contribution in [0.2, 0.25) is 0 Å². The van der Waals surface area contributed by atoms with Crippen molar-refractivity contribution in [3.63, 3.8) is 0 Å². The quantitative estimate of drug-likeness (QED) is 0.844. The molecular weight excluding hydrogens is 318 g/mol. The summed E-state index contributed by atoms with van der Waals surface area (Å²) in [5.74, 6) is 0. The van der Waals surface area contributed by atoms with Gasteiger partial charge in [0.25, 0.3) is 0 Å². The first kappa shape index (κ1) is 17.0. The summed E-state index contributed by atoms with van der Waals surface area (Å²) in [5.41, 5.74) is 2.08. The van der Waals surface area contributed by atoms with E-state index in [1.807, 2.05) is 35.7 Å². The Morgan fingerprint density at radius 3 is 2.54 bits per heavy atom. The molecule has 0 saturated heterocycles.